The van der Waals surface area contributed by atoms with Crippen LogP contribution in [0.2, 0.25) is 0 Å². The summed E-state index contributed by atoms with van der Waals surface area (Å²) in [6.07, 6.45) is 2.49. The number of nitrogens with one attached hydrogen (secondary N) is 2. The molecule has 3 rings (SSSR count). The van der Waals surface area contributed by atoms with Gasteiger partial charge in [-0.25, -0.2) is 0 Å². The van der Waals surface area contributed by atoms with Crippen molar-refractivity contribution < 1.29 is 4.74 Å². The Bertz CT molecular complexity index is 580. The summed E-state index contributed by atoms with van der Waals surface area (Å²) in [4.78, 5) is 3.61. The maximum atomic E-state index is 5.36. The van der Waals surface area contributed by atoms with Crippen molar-refractivity contribution in [2.24, 2.45) is 0 Å². The SMILES string of the molecule is COc1cc(C)c2[nH]c(C3CCCN3)c(C)c2c1. The predicted molar refractivity (Wildman–Crippen MR) is 74.3 cm³/mol. The molecule has 0 radical (unpaired) electrons. The normalized spacial score (nSPS) is 19.6. The van der Waals surface area contributed by atoms with Crippen molar-refractivity contribution in [3.63, 3.8) is 0 Å². The number of benzene rings is 1. The second-order valence-corrected chi connectivity index (χ2v) is 5.18. The van der Waals surface area contributed by atoms with Gasteiger partial charge in [-0.05, 0) is 56.5 Å². The van der Waals surface area contributed by atoms with Crippen molar-refractivity contribution in [3.05, 3.63) is 29.0 Å². The maximum absolute atomic E-state index is 5.36. The lowest BCUT2D eigenvalue weighted by molar-refractivity contribution is 0.415. The van der Waals surface area contributed by atoms with Gasteiger partial charge in [-0.3, -0.25) is 0 Å². The minimum Gasteiger partial charge on any atom is -0.497 e. The van der Waals surface area contributed by atoms with E-state index in [1.807, 2.05) is 0 Å². The first-order valence-electron chi connectivity index (χ1n) is 6.61. The van der Waals surface area contributed by atoms with Crippen LogP contribution in [0.5, 0.6) is 5.75 Å². The van der Waals surface area contributed by atoms with Crippen molar-refractivity contribution in [1.82, 2.24) is 10.3 Å². The summed E-state index contributed by atoms with van der Waals surface area (Å²) in [7, 11) is 1.72. The van der Waals surface area contributed by atoms with E-state index in [0.29, 0.717) is 6.04 Å². The van der Waals surface area contributed by atoms with Gasteiger partial charge in [0.15, 0.2) is 0 Å². The molecule has 1 saturated heterocycles. The first-order chi connectivity index (χ1) is 8.70. The highest BCUT2D eigenvalue weighted by atomic mass is 16.5. The highest BCUT2D eigenvalue weighted by molar-refractivity contribution is 5.88. The molecule has 0 bridgehead atoms. The number of aromatic nitrogens is 1. The number of ether oxygens (including phenoxy) is 1. The van der Waals surface area contributed by atoms with E-state index in [1.165, 1.54) is 40.6 Å². The molecule has 0 spiro atoms. The average molecular weight is 244 g/mol. The van der Waals surface area contributed by atoms with Crippen molar-refractivity contribution in [3.8, 4) is 5.75 Å². The average Bonchev–Trinajstić information content (AvgIpc) is 2.98. The van der Waals surface area contributed by atoms with Gasteiger partial charge in [0, 0.05) is 22.6 Å². The molecule has 0 saturated carbocycles. The largest absolute Gasteiger partial charge is 0.497 e. The van der Waals surface area contributed by atoms with Crippen LogP contribution in [0.4, 0.5) is 0 Å². The first-order valence-corrected chi connectivity index (χ1v) is 6.61. The monoisotopic (exact) mass is 244 g/mol. The van der Waals surface area contributed by atoms with E-state index in [9.17, 15) is 0 Å². The number of aromatic amines is 1. The van der Waals surface area contributed by atoms with E-state index in [2.05, 4.69) is 36.3 Å². The highest BCUT2D eigenvalue weighted by Gasteiger charge is 2.21. The molecule has 0 amide bonds. The molecular formula is C15H20N2O. The fraction of sp³-hybridized carbons (Fsp3) is 0.467. The third-order valence-corrected chi connectivity index (χ3v) is 4.02. The van der Waals surface area contributed by atoms with E-state index in [0.717, 1.165) is 12.3 Å². The zero-order chi connectivity index (χ0) is 12.7. The zero-order valence-corrected chi connectivity index (χ0v) is 11.3. The molecule has 1 atom stereocenters. The lowest BCUT2D eigenvalue weighted by Crippen LogP contribution is -2.13. The van der Waals surface area contributed by atoms with Gasteiger partial charge in [-0.1, -0.05) is 0 Å². The molecule has 1 fully saturated rings. The molecule has 1 aliphatic rings. The molecule has 1 unspecified atom stereocenters. The van der Waals surface area contributed by atoms with Crippen molar-refractivity contribution in [2.75, 3.05) is 13.7 Å². The summed E-state index contributed by atoms with van der Waals surface area (Å²) >= 11 is 0. The Hall–Kier alpha value is -1.48. The molecule has 0 aliphatic carbocycles. The van der Waals surface area contributed by atoms with Gasteiger partial charge in [-0.2, -0.15) is 0 Å². The first kappa shape index (κ1) is 11.6. The van der Waals surface area contributed by atoms with Gasteiger partial charge in [0.05, 0.1) is 7.11 Å². The molecule has 1 aliphatic heterocycles. The highest BCUT2D eigenvalue weighted by Crippen LogP contribution is 2.33. The molecule has 96 valence electrons. The number of rotatable bonds is 2. The van der Waals surface area contributed by atoms with Gasteiger partial charge < -0.3 is 15.0 Å². The van der Waals surface area contributed by atoms with Crippen LogP contribution in [0.15, 0.2) is 12.1 Å². The molecule has 2 N–H and O–H groups in total. The third kappa shape index (κ3) is 1.70. The van der Waals surface area contributed by atoms with E-state index in [4.69, 9.17) is 4.74 Å². The van der Waals surface area contributed by atoms with Gasteiger partial charge >= 0.3 is 0 Å². The Labute approximate surface area is 108 Å². The van der Waals surface area contributed by atoms with Crippen molar-refractivity contribution in [2.45, 2.75) is 32.7 Å². The fourth-order valence-corrected chi connectivity index (χ4v) is 2.99. The zero-order valence-electron chi connectivity index (χ0n) is 11.3. The third-order valence-electron chi connectivity index (χ3n) is 4.02. The summed E-state index contributed by atoms with van der Waals surface area (Å²) in [5, 5.41) is 4.85. The molecule has 3 heteroatoms. The smallest absolute Gasteiger partial charge is 0.119 e. The van der Waals surface area contributed by atoms with Crippen molar-refractivity contribution in [1.29, 1.82) is 0 Å². The summed E-state index contributed by atoms with van der Waals surface area (Å²) < 4.78 is 5.36. The minimum atomic E-state index is 0.489. The van der Waals surface area contributed by atoms with Crippen LogP contribution in [-0.4, -0.2) is 18.6 Å². The molecule has 3 nitrogen and oxygen atoms in total. The van der Waals surface area contributed by atoms with Gasteiger partial charge in [-0.15, -0.1) is 0 Å². The van der Waals surface area contributed by atoms with Gasteiger partial charge in [0.2, 0.25) is 0 Å². The minimum absolute atomic E-state index is 0.489. The molecule has 1 aromatic heterocycles. The van der Waals surface area contributed by atoms with Crippen molar-refractivity contribution >= 4 is 10.9 Å². The Morgan fingerprint density at radius 3 is 2.78 bits per heavy atom. The van der Waals surface area contributed by atoms with Gasteiger partial charge in [0.1, 0.15) is 5.75 Å². The van der Waals surface area contributed by atoms with Crippen LogP contribution in [0.3, 0.4) is 0 Å². The summed E-state index contributed by atoms with van der Waals surface area (Å²) in [5.41, 5.74) is 5.19. The van der Waals surface area contributed by atoms with Crippen LogP contribution >= 0.6 is 0 Å². The Morgan fingerprint density at radius 2 is 2.11 bits per heavy atom. The van der Waals surface area contributed by atoms with Crippen LogP contribution in [-0.2, 0) is 0 Å². The van der Waals surface area contributed by atoms with Crippen LogP contribution in [0, 0.1) is 13.8 Å². The van der Waals surface area contributed by atoms with Crippen LogP contribution in [0.25, 0.3) is 10.9 Å². The summed E-state index contributed by atoms with van der Waals surface area (Å²) in [5.74, 6) is 0.938. The second kappa shape index (κ2) is 4.32. The molecular weight excluding hydrogens is 224 g/mol. The molecule has 18 heavy (non-hydrogen) atoms. The summed E-state index contributed by atoms with van der Waals surface area (Å²) in [6, 6.07) is 4.71. The number of H-pyrrole nitrogens is 1. The quantitative estimate of drug-likeness (QED) is 0.851. The number of aryl methyl sites for hydroxylation is 2. The number of methoxy groups -OCH3 is 1. The summed E-state index contributed by atoms with van der Waals surface area (Å²) in [6.45, 7) is 5.46. The second-order valence-electron chi connectivity index (χ2n) is 5.18. The lowest BCUT2D eigenvalue weighted by Gasteiger charge is -2.09. The Kier molecular flexibility index (Phi) is 2.78. The Balaban J connectivity index is 2.17. The number of hydrogen-bond donors (Lipinski definition) is 2. The number of fused-ring (bicyclic) bond motifs is 1. The van der Waals surface area contributed by atoms with Crippen LogP contribution < -0.4 is 10.1 Å². The molecule has 2 heterocycles. The van der Waals surface area contributed by atoms with E-state index in [1.54, 1.807) is 7.11 Å². The van der Waals surface area contributed by atoms with E-state index >= 15 is 0 Å². The van der Waals surface area contributed by atoms with Gasteiger partial charge in [0.25, 0.3) is 0 Å². The Morgan fingerprint density at radius 1 is 1.28 bits per heavy atom. The molecule has 1 aromatic carbocycles. The fourth-order valence-electron chi connectivity index (χ4n) is 2.99. The van der Waals surface area contributed by atoms with E-state index in [-0.39, 0.29) is 0 Å². The lowest BCUT2D eigenvalue weighted by atomic mass is 10.1. The topological polar surface area (TPSA) is 37.0 Å². The van der Waals surface area contributed by atoms with E-state index < -0.39 is 0 Å². The standard InChI is InChI=1S/C15H20N2O/c1-9-7-11(18-3)8-12-10(2)15(17-14(9)12)13-5-4-6-16-13/h7-8,13,16-17H,4-6H2,1-3H3. The van der Waals surface area contributed by atoms with Crippen LogP contribution in [0.1, 0.15) is 35.7 Å². The maximum Gasteiger partial charge on any atom is 0.119 e. The predicted octanol–water partition coefficient (Wildman–Crippen LogP) is 3.22. The number of hydrogen-bond acceptors (Lipinski definition) is 2. The molecule has 2 aromatic rings.